The highest BCUT2D eigenvalue weighted by Gasteiger charge is 2.29. The molecule has 0 radical (unpaired) electrons. The lowest BCUT2D eigenvalue weighted by atomic mass is 9.77. The Hall–Kier alpha value is -1.81. The number of aromatic nitrogens is 2. The molecule has 0 bridgehead atoms. The maximum absolute atomic E-state index is 11.8. The van der Waals surface area contributed by atoms with Gasteiger partial charge in [0.25, 0.3) is 0 Å². The van der Waals surface area contributed by atoms with Crippen LogP contribution in [0.3, 0.4) is 0 Å². The van der Waals surface area contributed by atoms with E-state index < -0.39 is 0 Å². The van der Waals surface area contributed by atoms with Crippen LogP contribution in [0.25, 0.3) is 5.69 Å². The Morgan fingerprint density at radius 3 is 2.35 bits per heavy atom. The maximum Gasteiger partial charge on any atom is 0.330 e. The Bertz CT molecular complexity index is 645. The van der Waals surface area contributed by atoms with E-state index in [-0.39, 0.29) is 11.2 Å². The summed E-state index contributed by atoms with van der Waals surface area (Å²) in [4.78, 5) is 14.5. The number of rotatable bonds is 2. The molecule has 0 unspecified atom stereocenters. The van der Waals surface area contributed by atoms with Crippen molar-refractivity contribution < 1.29 is 0 Å². The third kappa shape index (κ3) is 2.20. The minimum absolute atomic E-state index is 0.102. The lowest BCUT2D eigenvalue weighted by Crippen LogP contribution is -2.38. The number of hydrogen-bond donors (Lipinski definition) is 2. The van der Waals surface area contributed by atoms with Crippen molar-refractivity contribution in [2.75, 3.05) is 0 Å². The van der Waals surface area contributed by atoms with Crippen molar-refractivity contribution in [2.45, 2.75) is 44.6 Å². The number of H-pyrrole nitrogens is 1. The van der Waals surface area contributed by atoms with E-state index >= 15 is 0 Å². The predicted octanol–water partition coefficient (Wildman–Crippen LogP) is 2.59. The molecule has 1 heterocycles. The van der Waals surface area contributed by atoms with Crippen molar-refractivity contribution >= 4 is 0 Å². The number of nitrogens with two attached hydrogens (primary N) is 1. The van der Waals surface area contributed by atoms with Crippen LogP contribution in [0.1, 0.15) is 43.4 Å². The molecule has 1 aliphatic rings. The number of aryl methyl sites for hydroxylation is 1. The molecule has 0 spiro atoms. The van der Waals surface area contributed by atoms with Crippen molar-refractivity contribution in [1.29, 1.82) is 0 Å². The van der Waals surface area contributed by atoms with Gasteiger partial charge < -0.3 is 10.7 Å². The van der Waals surface area contributed by atoms with Crippen molar-refractivity contribution in [3.05, 3.63) is 52.2 Å². The lowest BCUT2D eigenvalue weighted by molar-refractivity contribution is 0.302. The summed E-state index contributed by atoms with van der Waals surface area (Å²) < 4.78 is 1.67. The average molecular weight is 271 g/mol. The van der Waals surface area contributed by atoms with Gasteiger partial charge in [-0.05, 0) is 37.5 Å². The van der Waals surface area contributed by atoms with Crippen LogP contribution in [0, 0.1) is 6.92 Å². The number of imidazole rings is 1. The first kappa shape index (κ1) is 13.2. The fourth-order valence-corrected chi connectivity index (χ4v) is 3.19. The Labute approximate surface area is 118 Å². The molecular weight excluding hydrogens is 250 g/mol. The second-order valence-electron chi connectivity index (χ2n) is 5.83. The molecule has 20 heavy (non-hydrogen) atoms. The molecule has 1 aromatic heterocycles. The molecule has 0 atom stereocenters. The third-order valence-electron chi connectivity index (χ3n) is 4.41. The molecule has 0 aliphatic heterocycles. The largest absolute Gasteiger partial charge is 0.330 e. The van der Waals surface area contributed by atoms with Crippen LogP contribution in [0.5, 0.6) is 0 Å². The van der Waals surface area contributed by atoms with Crippen LogP contribution in [-0.2, 0) is 5.54 Å². The minimum Gasteiger partial charge on any atom is -0.321 e. The highest BCUT2D eigenvalue weighted by molar-refractivity contribution is 5.38. The second-order valence-corrected chi connectivity index (χ2v) is 5.83. The Balaban J connectivity index is 1.94. The molecule has 0 saturated heterocycles. The standard InChI is InChI=1S/C16H21N3O/c1-12-11-18-15(20)19(12)14-7-5-13(6-8-14)16(17)9-3-2-4-10-16/h5-8,11H,2-4,9-10,17H2,1H3,(H,18,20). The summed E-state index contributed by atoms with van der Waals surface area (Å²) in [6.07, 6.45) is 7.52. The van der Waals surface area contributed by atoms with Crippen LogP contribution in [0.2, 0.25) is 0 Å². The Morgan fingerprint density at radius 2 is 1.80 bits per heavy atom. The Morgan fingerprint density at radius 1 is 1.15 bits per heavy atom. The van der Waals surface area contributed by atoms with Gasteiger partial charge in [-0.2, -0.15) is 0 Å². The summed E-state index contributed by atoms with van der Waals surface area (Å²) in [6, 6.07) is 8.11. The summed E-state index contributed by atoms with van der Waals surface area (Å²) in [5.74, 6) is 0. The van der Waals surface area contributed by atoms with Crippen LogP contribution in [0.15, 0.2) is 35.3 Å². The number of nitrogens with one attached hydrogen (secondary N) is 1. The van der Waals surface area contributed by atoms with Crippen molar-refractivity contribution in [3.8, 4) is 5.69 Å². The van der Waals surface area contributed by atoms with E-state index in [1.54, 1.807) is 10.8 Å². The average Bonchev–Trinajstić information content (AvgIpc) is 2.79. The molecule has 0 amide bonds. The predicted molar refractivity (Wildman–Crippen MR) is 80.1 cm³/mol. The number of aromatic amines is 1. The zero-order chi connectivity index (χ0) is 14.2. The van der Waals surface area contributed by atoms with Gasteiger partial charge in [0.2, 0.25) is 0 Å². The highest BCUT2D eigenvalue weighted by Crippen LogP contribution is 2.34. The fraction of sp³-hybridized carbons (Fsp3) is 0.438. The monoisotopic (exact) mass is 271 g/mol. The molecule has 1 aliphatic carbocycles. The first-order valence-corrected chi connectivity index (χ1v) is 7.27. The van der Waals surface area contributed by atoms with E-state index in [1.807, 2.05) is 19.1 Å². The molecule has 1 fully saturated rings. The van der Waals surface area contributed by atoms with Crippen LogP contribution >= 0.6 is 0 Å². The van der Waals surface area contributed by atoms with Crippen molar-refractivity contribution in [2.24, 2.45) is 5.73 Å². The summed E-state index contributed by atoms with van der Waals surface area (Å²) >= 11 is 0. The summed E-state index contributed by atoms with van der Waals surface area (Å²) in [6.45, 7) is 1.91. The van der Waals surface area contributed by atoms with E-state index in [2.05, 4.69) is 17.1 Å². The molecule has 4 heteroatoms. The molecule has 1 aromatic carbocycles. The van der Waals surface area contributed by atoms with Gasteiger partial charge in [-0.25, -0.2) is 4.79 Å². The fourth-order valence-electron chi connectivity index (χ4n) is 3.19. The number of hydrogen-bond acceptors (Lipinski definition) is 2. The minimum atomic E-state index is -0.186. The molecular formula is C16H21N3O. The van der Waals surface area contributed by atoms with Gasteiger partial charge in [-0.1, -0.05) is 31.4 Å². The van der Waals surface area contributed by atoms with Gasteiger partial charge in [-0.3, -0.25) is 4.57 Å². The van der Waals surface area contributed by atoms with Gasteiger partial charge in [0.05, 0.1) is 5.69 Å². The number of benzene rings is 1. The van der Waals surface area contributed by atoms with Gasteiger partial charge in [0.1, 0.15) is 0 Å². The van der Waals surface area contributed by atoms with Crippen LogP contribution in [0.4, 0.5) is 0 Å². The lowest BCUT2D eigenvalue weighted by Gasteiger charge is -2.34. The third-order valence-corrected chi connectivity index (χ3v) is 4.41. The van der Waals surface area contributed by atoms with E-state index in [4.69, 9.17) is 5.73 Å². The molecule has 4 nitrogen and oxygen atoms in total. The zero-order valence-electron chi connectivity index (χ0n) is 11.9. The molecule has 1 saturated carbocycles. The molecule has 3 N–H and O–H groups in total. The van der Waals surface area contributed by atoms with Crippen molar-refractivity contribution in [3.63, 3.8) is 0 Å². The van der Waals surface area contributed by atoms with Crippen molar-refractivity contribution in [1.82, 2.24) is 9.55 Å². The number of nitrogens with zero attached hydrogens (tertiary/aromatic N) is 1. The van der Waals surface area contributed by atoms with E-state index in [9.17, 15) is 4.79 Å². The topological polar surface area (TPSA) is 63.8 Å². The normalized spacial score (nSPS) is 18.1. The quantitative estimate of drug-likeness (QED) is 0.881. The Kier molecular flexibility index (Phi) is 3.26. The molecule has 2 aromatic rings. The van der Waals surface area contributed by atoms with E-state index in [1.165, 1.54) is 24.8 Å². The summed E-state index contributed by atoms with van der Waals surface area (Å²) in [7, 11) is 0. The summed E-state index contributed by atoms with van der Waals surface area (Å²) in [5.41, 5.74) is 9.22. The maximum atomic E-state index is 11.8. The van der Waals surface area contributed by atoms with Gasteiger partial charge in [-0.15, -0.1) is 0 Å². The second kappa shape index (κ2) is 4.94. The summed E-state index contributed by atoms with van der Waals surface area (Å²) in [5, 5.41) is 0. The smallest absolute Gasteiger partial charge is 0.321 e. The molecule has 3 rings (SSSR count). The van der Waals surface area contributed by atoms with E-state index in [0.29, 0.717) is 0 Å². The zero-order valence-corrected chi connectivity index (χ0v) is 11.9. The van der Waals surface area contributed by atoms with Gasteiger partial charge >= 0.3 is 5.69 Å². The first-order valence-electron chi connectivity index (χ1n) is 7.27. The highest BCUT2D eigenvalue weighted by atomic mass is 16.1. The van der Waals surface area contributed by atoms with Gasteiger partial charge in [0, 0.05) is 17.4 Å². The van der Waals surface area contributed by atoms with Crippen LogP contribution < -0.4 is 11.4 Å². The first-order chi connectivity index (χ1) is 9.60. The molecule has 106 valence electrons. The van der Waals surface area contributed by atoms with Gasteiger partial charge in [0.15, 0.2) is 0 Å². The van der Waals surface area contributed by atoms with Crippen LogP contribution in [-0.4, -0.2) is 9.55 Å². The van der Waals surface area contributed by atoms with E-state index in [0.717, 1.165) is 24.2 Å². The SMILES string of the molecule is Cc1c[nH]c(=O)n1-c1ccc(C2(N)CCCCC2)cc1.